The summed E-state index contributed by atoms with van der Waals surface area (Å²) in [6.45, 7) is 0. The maximum Gasteiger partial charge on any atom is 0.266 e. The van der Waals surface area contributed by atoms with Crippen molar-refractivity contribution in [1.29, 1.82) is 0 Å². The monoisotopic (exact) mass is 375 g/mol. The number of nitrogens with zero attached hydrogens (tertiary/aromatic N) is 1. The minimum Gasteiger partial charge on any atom is -0.298 e. The molecule has 0 saturated heterocycles. The van der Waals surface area contributed by atoms with E-state index in [0.717, 1.165) is 0 Å². The second-order valence-electron chi connectivity index (χ2n) is 2.43. The van der Waals surface area contributed by atoms with Crippen molar-refractivity contribution >= 4 is 44.8 Å². The first-order valence-electron chi connectivity index (χ1n) is 3.58. The number of carbonyl (C=O) groups is 1. The number of hydrogen-bond donors (Lipinski definition) is 0. The lowest BCUT2D eigenvalue weighted by Gasteiger charge is -2.09. The van der Waals surface area contributed by atoms with Gasteiger partial charge in [-0.2, -0.15) is 0 Å². The second kappa shape index (κ2) is 5.11. The van der Waals surface area contributed by atoms with Crippen LogP contribution in [0.25, 0.3) is 0 Å². The van der Waals surface area contributed by atoms with Gasteiger partial charge < -0.3 is 0 Å². The van der Waals surface area contributed by atoms with Gasteiger partial charge in [0, 0.05) is 20.7 Å². The Morgan fingerprint density at radius 2 is 2.29 bits per heavy atom. The van der Waals surface area contributed by atoms with Gasteiger partial charge in [-0.1, -0.05) is 15.9 Å². The van der Waals surface area contributed by atoms with E-state index in [1.807, 2.05) is 22.6 Å². The number of pyridine rings is 1. The van der Waals surface area contributed by atoms with Crippen molar-refractivity contribution in [3.8, 4) is 0 Å². The summed E-state index contributed by atoms with van der Waals surface area (Å²) < 4.78 is 25.7. The molecule has 0 spiro atoms. The molecule has 14 heavy (non-hydrogen) atoms. The van der Waals surface area contributed by atoms with Crippen LogP contribution in [0.1, 0.15) is 28.0 Å². The Kier molecular flexibility index (Phi) is 4.36. The van der Waals surface area contributed by atoms with Crippen molar-refractivity contribution in [2.45, 2.75) is 11.8 Å². The fraction of sp³-hybridized carbons (Fsp3) is 0.250. The van der Waals surface area contributed by atoms with Gasteiger partial charge in [-0.3, -0.25) is 9.78 Å². The van der Waals surface area contributed by atoms with Gasteiger partial charge in [0.05, 0.1) is 11.3 Å². The molecule has 0 fully saturated rings. The van der Waals surface area contributed by atoms with Gasteiger partial charge >= 0.3 is 0 Å². The first-order chi connectivity index (χ1) is 6.61. The third-order valence-electron chi connectivity index (χ3n) is 1.65. The molecule has 0 saturated carbocycles. The summed E-state index contributed by atoms with van der Waals surface area (Å²) in [7, 11) is 0. The lowest BCUT2D eigenvalue weighted by molar-refractivity contribution is 0.110. The van der Waals surface area contributed by atoms with Crippen molar-refractivity contribution in [2.24, 2.45) is 0 Å². The third-order valence-corrected chi connectivity index (χ3v) is 3.05. The van der Waals surface area contributed by atoms with E-state index < -0.39 is 6.43 Å². The van der Waals surface area contributed by atoms with Crippen molar-refractivity contribution in [2.75, 3.05) is 0 Å². The Balaban J connectivity index is 3.43. The van der Waals surface area contributed by atoms with Crippen LogP contribution in [0.4, 0.5) is 8.78 Å². The van der Waals surface area contributed by atoms with Crippen molar-refractivity contribution in [3.05, 3.63) is 26.6 Å². The molecular formula is C8H5BrF2INO. The van der Waals surface area contributed by atoms with Crippen molar-refractivity contribution in [1.82, 2.24) is 4.98 Å². The van der Waals surface area contributed by atoms with Crippen LogP contribution in [-0.2, 0) is 5.33 Å². The van der Waals surface area contributed by atoms with Gasteiger partial charge in [-0.25, -0.2) is 8.78 Å². The largest absolute Gasteiger partial charge is 0.298 e. The van der Waals surface area contributed by atoms with E-state index in [1.54, 1.807) is 0 Å². The molecule has 0 aliphatic heterocycles. The Hall–Kier alpha value is -0.110. The summed E-state index contributed by atoms with van der Waals surface area (Å²) >= 11 is 4.86. The normalized spacial score (nSPS) is 10.6. The SMILES string of the molecule is O=Cc1c(I)cnc(CBr)c1C(F)F. The summed E-state index contributed by atoms with van der Waals surface area (Å²) in [5, 5.41) is 0.213. The predicted octanol–water partition coefficient (Wildman–Crippen LogP) is 3.33. The number of aldehydes is 1. The molecule has 1 heterocycles. The zero-order chi connectivity index (χ0) is 10.7. The number of alkyl halides is 3. The van der Waals surface area contributed by atoms with E-state index in [0.29, 0.717) is 9.86 Å². The molecule has 0 aliphatic rings. The van der Waals surface area contributed by atoms with E-state index in [9.17, 15) is 13.6 Å². The zero-order valence-electron chi connectivity index (χ0n) is 6.81. The van der Waals surface area contributed by atoms with E-state index in [-0.39, 0.29) is 22.2 Å². The fourth-order valence-corrected chi connectivity index (χ4v) is 2.03. The van der Waals surface area contributed by atoms with Gasteiger partial charge in [-0.05, 0) is 22.6 Å². The summed E-state index contributed by atoms with van der Waals surface area (Å²) in [6, 6.07) is 0. The number of halogens is 4. The van der Waals surface area contributed by atoms with Crippen LogP contribution in [0.15, 0.2) is 6.20 Å². The Bertz CT molecular complexity index is 359. The van der Waals surface area contributed by atoms with Crippen LogP contribution in [0.3, 0.4) is 0 Å². The van der Waals surface area contributed by atoms with Crippen LogP contribution in [0, 0.1) is 3.57 Å². The maximum atomic E-state index is 12.6. The highest BCUT2D eigenvalue weighted by Crippen LogP contribution is 2.28. The van der Waals surface area contributed by atoms with E-state index in [4.69, 9.17) is 0 Å². The highest BCUT2D eigenvalue weighted by Gasteiger charge is 2.20. The molecule has 0 atom stereocenters. The summed E-state index contributed by atoms with van der Waals surface area (Å²) in [5.41, 5.74) is -0.0312. The number of rotatable bonds is 3. The fourth-order valence-electron chi connectivity index (χ4n) is 1.03. The first kappa shape index (κ1) is 12.0. The van der Waals surface area contributed by atoms with Crippen LogP contribution in [-0.4, -0.2) is 11.3 Å². The van der Waals surface area contributed by atoms with E-state index >= 15 is 0 Å². The molecule has 1 rings (SSSR count). The topological polar surface area (TPSA) is 30.0 Å². The molecule has 0 bridgehead atoms. The molecule has 0 radical (unpaired) electrons. The quantitative estimate of drug-likeness (QED) is 0.461. The van der Waals surface area contributed by atoms with Gasteiger partial charge in [0.15, 0.2) is 6.29 Å². The lowest BCUT2D eigenvalue weighted by atomic mass is 10.1. The molecule has 0 aliphatic carbocycles. The molecule has 0 amide bonds. The van der Waals surface area contributed by atoms with Crippen LogP contribution >= 0.6 is 38.5 Å². The first-order valence-corrected chi connectivity index (χ1v) is 5.78. The van der Waals surface area contributed by atoms with Crippen LogP contribution in [0.2, 0.25) is 0 Å². The highest BCUT2D eigenvalue weighted by atomic mass is 127. The Morgan fingerprint density at radius 3 is 2.71 bits per heavy atom. The lowest BCUT2D eigenvalue weighted by Crippen LogP contribution is -2.04. The average Bonchev–Trinajstić information content (AvgIpc) is 2.17. The van der Waals surface area contributed by atoms with Gasteiger partial charge in [-0.15, -0.1) is 0 Å². The predicted molar refractivity (Wildman–Crippen MR) is 59.9 cm³/mol. The molecule has 0 unspecified atom stereocenters. The minimum atomic E-state index is -2.68. The maximum absolute atomic E-state index is 12.6. The van der Waals surface area contributed by atoms with Crippen molar-refractivity contribution < 1.29 is 13.6 Å². The van der Waals surface area contributed by atoms with Gasteiger partial charge in [0.25, 0.3) is 6.43 Å². The molecular weight excluding hydrogens is 371 g/mol. The van der Waals surface area contributed by atoms with Crippen LogP contribution < -0.4 is 0 Å². The Labute approximate surface area is 101 Å². The second-order valence-corrected chi connectivity index (χ2v) is 4.16. The summed E-state index contributed by atoms with van der Waals surface area (Å²) in [5.74, 6) is 0. The summed E-state index contributed by atoms with van der Waals surface area (Å²) in [4.78, 5) is 14.5. The third kappa shape index (κ3) is 2.28. The van der Waals surface area contributed by atoms with E-state index in [1.165, 1.54) is 6.20 Å². The van der Waals surface area contributed by atoms with E-state index in [2.05, 4.69) is 20.9 Å². The minimum absolute atomic E-state index is 0.0325. The smallest absolute Gasteiger partial charge is 0.266 e. The summed E-state index contributed by atoms with van der Waals surface area (Å²) in [6.07, 6.45) is -0.825. The average molecular weight is 376 g/mol. The van der Waals surface area contributed by atoms with Gasteiger partial charge in [0.2, 0.25) is 0 Å². The van der Waals surface area contributed by atoms with Crippen LogP contribution in [0.5, 0.6) is 0 Å². The molecule has 1 aromatic rings. The number of hydrogen-bond acceptors (Lipinski definition) is 2. The number of carbonyl (C=O) groups excluding carboxylic acids is 1. The molecule has 76 valence electrons. The molecule has 0 aromatic carbocycles. The molecule has 2 nitrogen and oxygen atoms in total. The zero-order valence-corrected chi connectivity index (χ0v) is 10.5. The number of aromatic nitrogens is 1. The Morgan fingerprint density at radius 1 is 1.64 bits per heavy atom. The van der Waals surface area contributed by atoms with Crippen molar-refractivity contribution in [3.63, 3.8) is 0 Å². The molecule has 0 N–H and O–H groups in total. The highest BCUT2D eigenvalue weighted by molar-refractivity contribution is 14.1. The molecule has 6 heteroatoms. The molecule has 1 aromatic heterocycles. The van der Waals surface area contributed by atoms with Gasteiger partial charge in [0.1, 0.15) is 0 Å². The standard InChI is InChI=1S/C8H5BrF2INO/c9-1-6-7(8(10)11)4(3-14)5(12)2-13-6/h2-3,8H,1H2.